The van der Waals surface area contributed by atoms with Gasteiger partial charge < -0.3 is 9.84 Å². The van der Waals surface area contributed by atoms with E-state index in [0.717, 1.165) is 11.4 Å². The number of nitrogens with zero attached hydrogens (tertiary/aromatic N) is 2. The van der Waals surface area contributed by atoms with Gasteiger partial charge in [0, 0.05) is 17.3 Å². The Morgan fingerprint density at radius 3 is 2.58 bits per heavy atom. The summed E-state index contributed by atoms with van der Waals surface area (Å²) in [5.74, 6) is -0.296. The van der Waals surface area contributed by atoms with Crippen LogP contribution >= 0.6 is 0 Å². The Morgan fingerprint density at radius 2 is 1.96 bits per heavy atom. The molecule has 0 atom stereocenters. The Labute approximate surface area is 137 Å². The van der Waals surface area contributed by atoms with Gasteiger partial charge in [-0.1, -0.05) is 0 Å². The molecule has 122 valence electrons. The molecule has 0 saturated heterocycles. The SMILES string of the molecule is COc1ccc(-n2cc(-c3cc(C(=O)O)ccc3NO)cn2)cc1. The fourth-order valence-electron chi connectivity index (χ4n) is 2.35. The van der Waals surface area contributed by atoms with Gasteiger partial charge in [-0.3, -0.25) is 10.7 Å². The minimum Gasteiger partial charge on any atom is -0.497 e. The Hall–Kier alpha value is -3.32. The minimum atomic E-state index is -1.04. The molecule has 0 aliphatic heterocycles. The minimum absolute atomic E-state index is 0.126. The van der Waals surface area contributed by atoms with Gasteiger partial charge in [0.25, 0.3) is 0 Å². The van der Waals surface area contributed by atoms with Crippen LogP contribution in [0.4, 0.5) is 5.69 Å². The number of nitrogens with one attached hydrogen (secondary N) is 1. The maximum atomic E-state index is 11.2. The third-order valence-electron chi connectivity index (χ3n) is 3.62. The highest BCUT2D eigenvalue weighted by Crippen LogP contribution is 2.29. The number of ether oxygens (including phenoxy) is 1. The third kappa shape index (κ3) is 2.92. The lowest BCUT2D eigenvalue weighted by Crippen LogP contribution is -1.99. The van der Waals surface area contributed by atoms with Crippen molar-refractivity contribution in [1.29, 1.82) is 0 Å². The smallest absolute Gasteiger partial charge is 0.335 e. The summed E-state index contributed by atoms with van der Waals surface area (Å²) < 4.78 is 6.78. The number of carboxylic acids is 1. The highest BCUT2D eigenvalue weighted by Gasteiger charge is 2.12. The van der Waals surface area contributed by atoms with Gasteiger partial charge in [0.05, 0.1) is 30.2 Å². The number of anilines is 1. The van der Waals surface area contributed by atoms with Gasteiger partial charge in [0.15, 0.2) is 0 Å². The summed E-state index contributed by atoms with van der Waals surface area (Å²) in [5.41, 5.74) is 4.64. The Kier molecular flexibility index (Phi) is 4.17. The Bertz CT molecular complexity index is 872. The van der Waals surface area contributed by atoms with Gasteiger partial charge >= 0.3 is 5.97 Å². The molecule has 0 amide bonds. The number of aromatic nitrogens is 2. The topological polar surface area (TPSA) is 96.6 Å². The second kappa shape index (κ2) is 6.43. The van der Waals surface area contributed by atoms with Crippen LogP contribution in [-0.4, -0.2) is 33.2 Å². The molecule has 7 nitrogen and oxygen atoms in total. The van der Waals surface area contributed by atoms with E-state index >= 15 is 0 Å². The Morgan fingerprint density at radius 1 is 1.21 bits per heavy atom. The van der Waals surface area contributed by atoms with E-state index in [9.17, 15) is 10.0 Å². The van der Waals surface area contributed by atoms with Crippen molar-refractivity contribution in [3.05, 3.63) is 60.4 Å². The molecule has 0 unspecified atom stereocenters. The highest BCUT2D eigenvalue weighted by atomic mass is 16.5. The summed E-state index contributed by atoms with van der Waals surface area (Å²) in [5, 5.41) is 22.7. The van der Waals surface area contributed by atoms with Gasteiger partial charge in [-0.25, -0.2) is 9.48 Å². The quantitative estimate of drug-likeness (QED) is 0.624. The van der Waals surface area contributed by atoms with E-state index in [-0.39, 0.29) is 5.56 Å². The maximum absolute atomic E-state index is 11.2. The van der Waals surface area contributed by atoms with Crippen molar-refractivity contribution in [2.45, 2.75) is 0 Å². The summed E-state index contributed by atoms with van der Waals surface area (Å²) in [4.78, 5) is 11.2. The third-order valence-corrected chi connectivity index (χ3v) is 3.62. The van der Waals surface area contributed by atoms with Crippen LogP contribution in [-0.2, 0) is 0 Å². The van der Waals surface area contributed by atoms with Gasteiger partial charge in [-0.05, 0) is 42.5 Å². The van der Waals surface area contributed by atoms with Crippen LogP contribution < -0.4 is 10.2 Å². The molecular weight excluding hydrogens is 310 g/mol. The van der Waals surface area contributed by atoms with E-state index in [1.54, 1.807) is 24.2 Å². The number of hydrogen-bond donors (Lipinski definition) is 3. The van der Waals surface area contributed by atoms with E-state index in [4.69, 9.17) is 9.84 Å². The van der Waals surface area contributed by atoms with Crippen LogP contribution in [0.5, 0.6) is 5.75 Å². The molecule has 1 heterocycles. The lowest BCUT2D eigenvalue weighted by Gasteiger charge is -2.07. The summed E-state index contributed by atoms with van der Waals surface area (Å²) in [6, 6.07) is 11.8. The molecule has 3 N–H and O–H groups in total. The van der Waals surface area contributed by atoms with Crippen molar-refractivity contribution in [3.8, 4) is 22.6 Å². The first-order valence-corrected chi connectivity index (χ1v) is 7.09. The van der Waals surface area contributed by atoms with Gasteiger partial charge in [-0.15, -0.1) is 0 Å². The standard InChI is InChI=1S/C17H15N3O4/c1-24-14-5-3-13(4-6-14)20-10-12(9-18-20)15-8-11(17(21)22)2-7-16(15)19-23/h2-10,19,23H,1H3,(H,21,22). The van der Waals surface area contributed by atoms with Crippen molar-refractivity contribution >= 4 is 11.7 Å². The van der Waals surface area contributed by atoms with E-state index < -0.39 is 5.97 Å². The average Bonchev–Trinajstić information content (AvgIpc) is 3.11. The second-order valence-corrected chi connectivity index (χ2v) is 5.05. The normalized spacial score (nSPS) is 10.4. The number of aromatic carboxylic acids is 1. The number of rotatable bonds is 5. The maximum Gasteiger partial charge on any atom is 0.335 e. The average molecular weight is 325 g/mol. The lowest BCUT2D eigenvalue weighted by atomic mass is 10.0. The molecule has 1 aromatic heterocycles. The fourth-order valence-corrected chi connectivity index (χ4v) is 2.35. The molecule has 0 bridgehead atoms. The van der Waals surface area contributed by atoms with Gasteiger partial charge in [0.1, 0.15) is 5.75 Å². The lowest BCUT2D eigenvalue weighted by molar-refractivity contribution is 0.0697. The molecule has 0 aliphatic carbocycles. The molecule has 7 heteroatoms. The molecule has 3 rings (SSSR count). The summed E-state index contributed by atoms with van der Waals surface area (Å²) in [7, 11) is 1.60. The summed E-state index contributed by atoms with van der Waals surface area (Å²) >= 11 is 0. The largest absolute Gasteiger partial charge is 0.497 e. The second-order valence-electron chi connectivity index (χ2n) is 5.05. The van der Waals surface area contributed by atoms with Gasteiger partial charge in [0.2, 0.25) is 0 Å². The van der Waals surface area contributed by atoms with Crippen molar-refractivity contribution in [2.24, 2.45) is 0 Å². The highest BCUT2D eigenvalue weighted by molar-refractivity contribution is 5.91. The van der Waals surface area contributed by atoms with Crippen LogP contribution in [0.3, 0.4) is 0 Å². The first kappa shape index (κ1) is 15.6. The molecule has 3 aromatic rings. The molecule has 2 aromatic carbocycles. The van der Waals surface area contributed by atoms with E-state index in [1.165, 1.54) is 18.2 Å². The number of benzene rings is 2. The van der Waals surface area contributed by atoms with Crippen molar-refractivity contribution in [3.63, 3.8) is 0 Å². The molecule has 24 heavy (non-hydrogen) atoms. The predicted octanol–water partition coefficient (Wildman–Crippen LogP) is 3.05. The van der Waals surface area contributed by atoms with Crippen LogP contribution in [0.15, 0.2) is 54.9 Å². The number of methoxy groups -OCH3 is 1. The van der Waals surface area contributed by atoms with Crippen LogP contribution in [0.25, 0.3) is 16.8 Å². The molecule has 0 radical (unpaired) electrons. The zero-order valence-corrected chi connectivity index (χ0v) is 12.8. The Balaban J connectivity index is 2.00. The van der Waals surface area contributed by atoms with Crippen LogP contribution in [0.1, 0.15) is 10.4 Å². The van der Waals surface area contributed by atoms with Crippen LogP contribution in [0, 0.1) is 0 Å². The van der Waals surface area contributed by atoms with Crippen molar-refractivity contribution in [1.82, 2.24) is 9.78 Å². The van der Waals surface area contributed by atoms with Gasteiger partial charge in [-0.2, -0.15) is 5.10 Å². The molecular formula is C17H15N3O4. The van der Waals surface area contributed by atoms with E-state index in [1.807, 2.05) is 24.3 Å². The molecule has 0 spiro atoms. The van der Waals surface area contributed by atoms with Crippen molar-refractivity contribution < 1.29 is 19.8 Å². The zero-order valence-electron chi connectivity index (χ0n) is 12.8. The van der Waals surface area contributed by atoms with E-state index in [0.29, 0.717) is 16.8 Å². The first-order valence-electron chi connectivity index (χ1n) is 7.09. The summed E-state index contributed by atoms with van der Waals surface area (Å²) in [6.45, 7) is 0. The molecule has 0 fully saturated rings. The fraction of sp³-hybridized carbons (Fsp3) is 0.0588. The van der Waals surface area contributed by atoms with E-state index in [2.05, 4.69) is 10.6 Å². The first-order chi connectivity index (χ1) is 11.6. The van der Waals surface area contributed by atoms with Crippen LogP contribution in [0.2, 0.25) is 0 Å². The molecule has 0 aliphatic rings. The van der Waals surface area contributed by atoms with Crippen molar-refractivity contribution in [2.75, 3.05) is 12.6 Å². The molecule has 0 saturated carbocycles. The number of hydrogen-bond acceptors (Lipinski definition) is 5. The number of carboxylic acid groups (broad SMARTS) is 1. The monoisotopic (exact) mass is 325 g/mol. The number of carbonyl (C=O) groups is 1. The zero-order chi connectivity index (χ0) is 17.1. The predicted molar refractivity (Wildman–Crippen MR) is 87.9 cm³/mol. The summed E-state index contributed by atoms with van der Waals surface area (Å²) in [6.07, 6.45) is 3.36.